The number of nitrogens with zero attached hydrogens (tertiary/aromatic N) is 2. The van der Waals surface area contributed by atoms with Crippen molar-refractivity contribution in [3.05, 3.63) is 22.2 Å². The number of aromatic nitrogens is 1. The Morgan fingerprint density at radius 2 is 2.41 bits per heavy atom. The molecule has 4 nitrogen and oxygen atoms in total. The van der Waals surface area contributed by atoms with Gasteiger partial charge in [0.15, 0.2) is 0 Å². The van der Waals surface area contributed by atoms with Crippen LogP contribution in [0.1, 0.15) is 24.0 Å². The topological polar surface area (TPSA) is 53.4 Å². The van der Waals surface area contributed by atoms with Gasteiger partial charge in [-0.2, -0.15) is 0 Å². The van der Waals surface area contributed by atoms with Crippen LogP contribution in [0.2, 0.25) is 0 Å². The maximum absolute atomic E-state index is 11.7. The van der Waals surface area contributed by atoms with Crippen molar-refractivity contribution in [2.24, 2.45) is 0 Å². The lowest BCUT2D eigenvalue weighted by atomic mass is 9.91. The molecule has 0 spiro atoms. The van der Waals surface area contributed by atoms with E-state index >= 15 is 0 Å². The number of aryl methyl sites for hydroxylation is 1. The van der Waals surface area contributed by atoms with Crippen molar-refractivity contribution in [2.45, 2.75) is 25.9 Å². The van der Waals surface area contributed by atoms with Crippen molar-refractivity contribution >= 4 is 23.3 Å². The maximum atomic E-state index is 11.7. The maximum Gasteiger partial charge on any atom is 0.246 e. The van der Waals surface area contributed by atoms with E-state index in [4.69, 9.17) is 0 Å². The molecule has 0 saturated carbocycles. The van der Waals surface area contributed by atoms with Crippen LogP contribution in [0, 0.1) is 6.92 Å². The van der Waals surface area contributed by atoms with E-state index in [1.807, 2.05) is 19.2 Å². The molecule has 0 aliphatic carbocycles. The smallest absolute Gasteiger partial charge is 0.246 e. The molecule has 92 valence electrons. The Kier molecular flexibility index (Phi) is 3.31. The number of carbonyl (C=O) groups is 1. The lowest BCUT2D eigenvalue weighted by Gasteiger charge is -2.45. The first kappa shape index (κ1) is 12.3. The zero-order chi connectivity index (χ0) is 12.5. The summed E-state index contributed by atoms with van der Waals surface area (Å²) in [6, 6.07) is 0. The molecule has 1 fully saturated rings. The third kappa shape index (κ3) is 2.73. The fourth-order valence-corrected chi connectivity index (χ4v) is 2.34. The second-order valence-electron chi connectivity index (χ2n) is 4.40. The monoisotopic (exact) mass is 252 g/mol. The molecule has 1 amide bonds. The van der Waals surface area contributed by atoms with Gasteiger partial charge in [0.25, 0.3) is 0 Å². The van der Waals surface area contributed by atoms with Crippen molar-refractivity contribution in [1.82, 2.24) is 9.88 Å². The first-order chi connectivity index (χ1) is 8.02. The molecule has 0 unspecified atom stereocenters. The molecule has 1 aliphatic rings. The Labute approximate surface area is 105 Å². The van der Waals surface area contributed by atoms with Crippen LogP contribution in [0.3, 0.4) is 0 Å². The number of aliphatic hydroxyl groups is 1. The van der Waals surface area contributed by atoms with Crippen LogP contribution in [0.25, 0.3) is 6.08 Å². The number of thiazole rings is 1. The summed E-state index contributed by atoms with van der Waals surface area (Å²) in [5.74, 6) is -0.0613. The van der Waals surface area contributed by atoms with E-state index in [2.05, 4.69) is 4.98 Å². The van der Waals surface area contributed by atoms with Gasteiger partial charge in [0.05, 0.1) is 29.4 Å². The highest BCUT2D eigenvalue weighted by Crippen LogP contribution is 2.24. The van der Waals surface area contributed by atoms with E-state index in [9.17, 15) is 9.90 Å². The number of amides is 1. The van der Waals surface area contributed by atoms with Gasteiger partial charge in [-0.3, -0.25) is 4.79 Å². The van der Waals surface area contributed by atoms with Crippen LogP contribution in [-0.2, 0) is 4.79 Å². The molecule has 1 aliphatic heterocycles. The molecule has 17 heavy (non-hydrogen) atoms. The molecule has 0 aromatic carbocycles. The molecular weight excluding hydrogens is 236 g/mol. The Balaban J connectivity index is 1.89. The van der Waals surface area contributed by atoms with E-state index in [0.29, 0.717) is 19.5 Å². The predicted octanol–water partition coefficient (Wildman–Crippen LogP) is 1.45. The van der Waals surface area contributed by atoms with Gasteiger partial charge in [0.1, 0.15) is 0 Å². The summed E-state index contributed by atoms with van der Waals surface area (Å²) in [4.78, 5) is 17.6. The molecule has 1 saturated heterocycles. The van der Waals surface area contributed by atoms with Gasteiger partial charge in [0.2, 0.25) is 5.91 Å². The molecule has 1 N–H and O–H groups in total. The summed E-state index contributed by atoms with van der Waals surface area (Å²) >= 11 is 1.56. The quantitative estimate of drug-likeness (QED) is 0.828. The van der Waals surface area contributed by atoms with Crippen molar-refractivity contribution in [2.75, 3.05) is 13.1 Å². The van der Waals surface area contributed by atoms with Crippen LogP contribution < -0.4 is 0 Å². The zero-order valence-electron chi connectivity index (χ0n) is 10.0. The van der Waals surface area contributed by atoms with Gasteiger partial charge in [0, 0.05) is 11.5 Å². The summed E-state index contributed by atoms with van der Waals surface area (Å²) in [6.45, 7) is 4.72. The summed E-state index contributed by atoms with van der Waals surface area (Å²) in [6.07, 6.45) is 3.92. The van der Waals surface area contributed by atoms with Gasteiger partial charge in [-0.15, -0.1) is 11.3 Å². The zero-order valence-corrected chi connectivity index (χ0v) is 10.8. The molecule has 2 rings (SSSR count). The minimum absolute atomic E-state index is 0.0613. The number of hydrogen-bond donors (Lipinski definition) is 1. The molecule has 2 heterocycles. The van der Waals surface area contributed by atoms with Gasteiger partial charge in [-0.25, -0.2) is 4.98 Å². The fourth-order valence-electron chi connectivity index (χ4n) is 1.76. The minimum Gasteiger partial charge on any atom is -0.386 e. The van der Waals surface area contributed by atoms with Gasteiger partial charge >= 0.3 is 0 Å². The average molecular weight is 252 g/mol. The van der Waals surface area contributed by atoms with Crippen LogP contribution >= 0.6 is 11.3 Å². The molecule has 0 bridgehead atoms. The number of rotatable bonds is 3. The minimum atomic E-state index is -0.666. The van der Waals surface area contributed by atoms with Crippen molar-refractivity contribution in [3.8, 4) is 0 Å². The van der Waals surface area contributed by atoms with Gasteiger partial charge in [-0.1, -0.05) is 6.92 Å². The van der Waals surface area contributed by atoms with E-state index in [0.717, 1.165) is 10.7 Å². The van der Waals surface area contributed by atoms with E-state index in [1.54, 1.807) is 22.3 Å². The predicted molar refractivity (Wildman–Crippen MR) is 67.7 cm³/mol. The third-order valence-corrected chi connectivity index (χ3v) is 3.77. The third-order valence-electron chi connectivity index (χ3n) is 2.97. The second kappa shape index (κ2) is 4.58. The molecular formula is C12H16N2O2S. The van der Waals surface area contributed by atoms with Gasteiger partial charge in [-0.05, 0) is 19.4 Å². The highest BCUT2D eigenvalue weighted by molar-refractivity contribution is 7.09. The molecule has 1 aromatic heterocycles. The Hall–Kier alpha value is -1.20. The lowest BCUT2D eigenvalue weighted by molar-refractivity contribution is -0.150. The SMILES string of the molecule is CCC1(O)CN(C(=O)C=Cc2csc(C)n2)C1. The van der Waals surface area contributed by atoms with E-state index in [-0.39, 0.29) is 5.91 Å². The normalized spacial score (nSPS) is 18.4. The van der Waals surface area contributed by atoms with Crippen LogP contribution in [-0.4, -0.2) is 39.6 Å². The largest absolute Gasteiger partial charge is 0.386 e. The lowest BCUT2D eigenvalue weighted by Crippen LogP contribution is -2.62. The van der Waals surface area contributed by atoms with Crippen molar-refractivity contribution in [1.29, 1.82) is 0 Å². The van der Waals surface area contributed by atoms with Crippen LogP contribution in [0.5, 0.6) is 0 Å². The second-order valence-corrected chi connectivity index (χ2v) is 5.46. The number of carbonyl (C=O) groups excluding carboxylic acids is 1. The summed E-state index contributed by atoms with van der Waals surface area (Å²) in [5.41, 5.74) is 0.146. The summed E-state index contributed by atoms with van der Waals surface area (Å²) < 4.78 is 0. The van der Waals surface area contributed by atoms with Crippen molar-refractivity contribution < 1.29 is 9.90 Å². The molecule has 1 aromatic rings. The Bertz CT molecular complexity index is 447. The van der Waals surface area contributed by atoms with Gasteiger partial charge < -0.3 is 10.0 Å². The Morgan fingerprint density at radius 3 is 2.94 bits per heavy atom. The Morgan fingerprint density at radius 1 is 1.71 bits per heavy atom. The number of hydrogen-bond acceptors (Lipinski definition) is 4. The van der Waals surface area contributed by atoms with Crippen molar-refractivity contribution in [3.63, 3.8) is 0 Å². The molecule has 0 radical (unpaired) electrons. The summed E-state index contributed by atoms with van der Waals surface area (Å²) in [5, 5.41) is 12.7. The first-order valence-corrected chi connectivity index (χ1v) is 6.52. The highest BCUT2D eigenvalue weighted by Gasteiger charge is 2.41. The van der Waals surface area contributed by atoms with E-state index in [1.165, 1.54) is 6.08 Å². The van der Waals surface area contributed by atoms with Crippen LogP contribution in [0.4, 0.5) is 0 Å². The first-order valence-electron chi connectivity index (χ1n) is 5.64. The van der Waals surface area contributed by atoms with Crippen LogP contribution in [0.15, 0.2) is 11.5 Å². The highest BCUT2D eigenvalue weighted by atomic mass is 32.1. The summed E-state index contributed by atoms with van der Waals surface area (Å²) in [7, 11) is 0. The average Bonchev–Trinajstić information content (AvgIpc) is 2.67. The molecule has 0 atom stereocenters. The number of β-amino-alcohol motifs (C(OH)–C–C–N with tert-alkyl or cyclic N) is 1. The number of likely N-dealkylation sites (tertiary alicyclic amines) is 1. The molecule has 5 heteroatoms. The fraction of sp³-hybridized carbons (Fsp3) is 0.500. The standard InChI is InChI=1S/C12H16N2O2S/c1-3-12(16)7-14(8-12)11(15)5-4-10-6-17-9(2)13-10/h4-6,16H,3,7-8H2,1-2H3. The van der Waals surface area contributed by atoms with E-state index < -0.39 is 5.60 Å².